The Bertz CT molecular complexity index is 1210. The first-order valence-electron chi connectivity index (χ1n) is 12.9. The molecule has 1 heterocycles. The molecule has 0 radical (unpaired) electrons. The highest BCUT2D eigenvalue weighted by atomic mass is 16.5. The third-order valence-corrected chi connectivity index (χ3v) is 5.95. The number of hydrogen-bond donors (Lipinski definition) is 1. The minimum absolute atomic E-state index is 0.301. The monoisotopic (exact) mass is 499 g/mol. The van der Waals surface area contributed by atoms with Gasteiger partial charge in [-0.1, -0.05) is 92.7 Å². The molecule has 0 saturated carbocycles. The second-order valence-corrected chi connectivity index (χ2v) is 9.78. The van der Waals surface area contributed by atoms with Crippen LogP contribution in [-0.4, -0.2) is 45.6 Å². The van der Waals surface area contributed by atoms with Gasteiger partial charge >= 0.3 is 0 Å². The van der Waals surface area contributed by atoms with Gasteiger partial charge in [0, 0.05) is 38.9 Å². The standard InChI is InChI=1S/C31H37N3O3/c1-24(2)22-36-23-27(35)20-34(19-25-13-7-4-8-14-25)21-29-30(26-15-9-5-10-16-26)32-33(3)31(29)37-28-17-11-6-12-18-28/h4-18,24,27,35H,19-23H2,1-3H3/t27-/m0/s1. The fourth-order valence-corrected chi connectivity index (χ4v) is 4.29. The second kappa shape index (κ2) is 13.2. The number of nitrogens with zero attached hydrogens (tertiary/aromatic N) is 3. The molecule has 0 bridgehead atoms. The third kappa shape index (κ3) is 7.76. The summed E-state index contributed by atoms with van der Waals surface area (Å²) in [5, 5.41) is 15.7. The SMILES string of the molecule is CC(C)COC[C@@H](O)CN(Cc1ccccc1)Cc1c(-c2ccccc2)nn(C)c1Oc1ccccc1. The lowest BCUT2D eigenvalue weighted by Crippen LogP contribution is -2.34. The Morgan fingerprint density at radius 2 is 1.46 bits per heavy atom. The van der Waals surface area contributed by atoms with E-state index in [-0.39, 0.29) is 0 Å². The van der Waals surface area contributed by atoms with Crippen LogP contribution in [0.15, 0.2) is 91.0 Å². The molecule has 37 heavy (non-hydrogen) atoms. The Morgan fingerprint density at radius 1 is 0.838 bits per heavy atom. The molecule has 0 aliphatic heterocycles. The molecule has 0 saturated heterocycles. The van der Waals surface area contributed by atoms with Crippen LogP contribution in [0.2, 0.25) is 0 Å². The summed E-state index contributed by atoms with van der Waals surface area (Å²) < 4.78 is 13.9. The van der Waals surface area contributed by atoms with Crippen molar-refractivity contribution in [3.63, 3.8) is 0 Å². The second-order valence-electron chi connectivity index (χ2n) is 9.78. The van der Waals surface area contributed by atoms with Crippen molar-refractivity contribution in [2.45, 2.75) is 33.0 Å². The Morgan fingerprint density at radius 3 is 2.11 bits per heavy atom. The molecule has 3 aromatic carbocycles. The zero-order valence-electron chi connectivity index (χ0n) is 22.0. The molecule has 6 nitrogen and oxygen atoms in total. The highest BCUT2D eigenvalue weighted by molar-refractivity contribution is 5.65. The molecule has 0 aliphatic rings. The molecule has 0 spiro atoms. The number of aliphatic hydroxyl groups excluding tert-OH is 1. The molecule has 0 fully saturated rings. The van der Waals surface area contributed by atoms with E-state index in [1.165, 1.54) is 5.56 Å². The highest BCUT2D eigenvalue weighted by Crippen LogP contribution is 2.34. The van der Waals surface area contributed by atoms with Gasteiger partial charge in [-0.25, -0.2) is 4.68 Å². The predicted molar refractivity (Wildman–Crippen MR) is 147 cm³/mol. The molecule has 1 atom stereocenters. The van der Waals surface area contributed by atoms with Crippen LogP contribution in [-0.2, 0) is 24.9 Å². The number of aryl methyl sites for hydroxylation is 1. The zero-order valence-corrected chi connectivity index (χ0v) is 22.0. The molecule has 4 rings (SSSR count). The molecular weight excluding hydrogens is 462 g/mol. The summed E-state index contributed by atoms with van der Waals surface area (Å²) in [5.41, 5.74) is 4.05. The minimum Gasteiger partial charge on any atom is -0.439 e. The van der Waals surface area contributed by atoms with E-state index in [4.69, 9.17) is 14.6 Å². The lowest BCUT2D eigenvalue weighted by atomic mass is 10.1. The van der Waals surface area contributed by atoms with E-state index < -0.39 is 6.10 Å². The summed E-state index contributed by atoms with van der Waals surface area (Å²) >= 11 is 0. The van der Waals surface area contributed by atoms with E-state index >= 15 is 0 Å². The number of para-hydroxylation sites is 1. The Hall–Kier alpha value is -3.45. The average Bonchev–Trinajstić information content (AvgIpc) is 3.20. The summed E-state index contributed by atoms with van der Waals surface area (Å²) in [4.78, 5) is 2.24. The van der Waals surface area contributed by atoms with Crippen LogP contribution in [0.3, 0.4) is 0 Å². The summed E-state index contributed by atoms with van der Waals surface area (Å²) in [5.74, 6) is 1.87. The van der Waals surface area contributed by atoms with Crippen LogP contribution >= 0.6 is 0 Å². The summed E-state index contributed by atoms with van der Waals surface area (Å²) in [6.45, 7) is 6.83. The highest BCUT2D eigenvalue weighted by Gasteiger charge is 2.23. The maximum absolute atomic E-state index is 10.9. The molecule has 194 valence electrons. The Balaban J connectivity index is 1.66. The van der Waals surface area contributed by atoms with E-state index in [2.05, 4.69) is 43.0 Å². The van der Waals surface area contributed by atoms with Crippen LogP contribution in [0.4, 0.5) is 0 Å². The largest absolute Gasteiger partial charge is 0.439 e. The van der Waals surface area contributed by atoms with Gasteiger partial charge in [-0.2, -0.15) is 5.10 Å². The third-order valence-electron chi connectivity index (χ3n) is 5.95. The number of benzene rings is 3. The molecule has 0 aliphatic carbocycles. The van der Waals surface area contributed by atoms with Crippen LogP contribution < -0.4 is 4.74 Å². The van der Waals surface area contributed by atoms with Gasteiger partial charge in [-0.15, -0.1) is 0 Å². The van der Waals surface area contributed by atoms with Crippen molar-refractivity contribution in [3.05, 3.63) is 102 Å². The van der Waals surface area contributed by atoms with E-state index in [1.807, 2.05) is 73.8 Å². The maximum atomic E-state index is 10.9. The van der Waals surface area contributed by atoms with Crippen molar-refractivity contribution in [1.82, 2.24) is 14.7 Å². The fraction of sp³-hybridized carbons (Fsp3) is 0.323. The number of aliphatic hydroxyl groups is 1. The van der Waals surface area contributed by atoms with Crippen LogP contribution in [0.5, 0.6) is 11.6 Å². The van der Waals surface area contributed by atoms with Gasteiger partial charge in [0.2, 0.25) is 5.88 Å². The first kappa shape index (κ1) is 26.6. The molecule has 4 aromatic rings. The molecule has 1 aromatic heterocycles. The van der Waals surface area contributed by atoms with Gasteiger partial charge in [0.05, 0.1) is 18.3 Å². The van der Waals surface area contributed by atoms with Crippen LogP contribution in [0, 0.1) is 5.92 Å². The van der Waals surface area contributed by atoms with Gasteiger partial charge in [-0.05, 0) is 23.6 Å². The van der Waals surface area contributed by atoms with Gasteiger partial charge in [-0.3, -0.25) is 4.90 Å². The van der Waals surface area contributed by atoms with E-state index in [9.17, 15) is 5.11 Å². The van der Waals surface area contributed by atoms with Crippen LogP contribution in [0.1, 0.15) is 25.0 Å². The first-order valence-corrected chi connectivity index (χ1v) is 12.9. The number of rotatable bonds is 13. The molecular formula is C31H37N3O3. The quantitative estimate of drug-likeness (QED) is 0.248. The molecule has 0 amide bonds. The zero-order chi connectivity index (χ0) is 26.0. The summed E-state index contributed by atoms with van der Waals surface area (Å²) in [6, 6.07) is 30.2. The van der Waals surface area contributed by atoms with Gasteiger partial charge < -0.3 is 14.6 Å². The fourth-order valence-electron chi connectivity index (χ4n) is 4.29. The predicted octanol–water partition coefficient (Wildman–Crippen LogP) is 5.92. The lowest BCUT2D eigenvalue weighted by Gasteiger charge is -2.26. The van der Waals surface area contributed by atoms with Crippen molar-refractivity contribution in [2.24, 2.45) is 13.0 Å². The molecule has 0 unspecified atom stereocenters. The Kier molecular flexibility index (Phi) is 9.49. The van der Waals surface area contributed by atoms with Gasteiger partial charge in [0.25, 0.3) is 0 Å². The number of aromatic nitrogens is 2. The van der Waals surface area contributed by atoms with Crippen molar-refractivity contribution in [1.29, 1.82) is 0 Å². The Labute approximate surface area is 220 Å². The first-order chi connectivity index (χ1) is 18.0. The van der Waals surface area contributed by atoms with E-state index in [0.29, 0.717) is 44.6 Å². The molecule has 6 heteroatoms. The van der Waals surface area contributed by atoms with Crippen molar-refractivity contribution in [2.75, 3.05) is 19.8 Å². The van der Waals surface area contributed by atoms with Crippen molar-refractivity contribution < 1.29 is 14.6 Å². The van der Waals surface area contributed by atoms with Crippen LogP contribution in [0.25, 0.3) is 11.3 Å². The van der Waals surface area contributed by atoms with Gasteiger partial charge in [0.1, 0.15) is 11.4 Å². The smallest absolute Gasteiger partial charge is 0.222 e. The minimum atomic E-state index is -0.613. The normalized spacial score (nSPS) is 12.3. The van der Waals surface area contributed by atoms with E-state index in [0.717, 1.165) is 22.6 Å². The summed E-state index contributed by atoms with van der Waals surface area (Å²) in [7, 11) is 1.91. The van der Waals surface area contributed by atoms with Crippen molar-refractivity contribution in [3.8, 4) is 22.9 Å². The topological polar surface area (TPSA) is 59.8 Å². The lowest BCUT2D eigenvalue weighted by molar-refractivity contribution is 0.00548. The van der Waals surface area contributed by atoms with E-state index in [1.54, 1.807) is 4.68 Å². The average molecular weight is 500 g/mol. The number of hydrogen-bond acceptors (Lipinski definition) is 5. The van der Waals surface area contributed by atoms with Crippen molar-refractivity contribution >= 4 is 0 Å². The van der Waals surface area contributed by atoms with Gasteiger partial charge in [0.15, 0.2) is 0 Å². The maximum Gasteiger partial charge on any atom is 0.222 e. The summed E-state index contributed by atoms with van der Waals surface area (Å²) in [6.07, 6.45) is -0.613. The molecule has 1 N–H and O–H groups in total. The number of ether oxygens (including phenoxy) is 2.